The van der Waals surface area contributed by atoms with Gasteiger partial charge < -0.3 is 24.4 Å². The van der Waals surface area contributed by atoms with Crippen LogP contribution in [-0.4, -0.2) is 48.8 Å². The zero-order chi connectivity index (χ0) is 23.3. The van der Waals surface area contributed by atoms with Crippen molar-refractivity contribution in [3.8, 4) is 11.5 Å². The third-order valence-corrected chi connectivity index (χ3v) is 6.09. The fourth-order valence-electron chi connectivity index (χ4n) is 4.33. The summed E-state index contributed by atoms with van der Waals surface area (Å²) in [5, 5.41) is 3.10. The van der Waals surface area contributed by atoms with Crippen molar-refractivity contribution in [1.82, 2.24) is 10.2 Å². The number of carbonyl (C=O) groups excluding carboxylic acids is 2. The Labute approximate surface area is 191 Å². The van der Waals surface area contributed by atoms with Gasteiger partial charge >= 0.3 is 6.09 Å². The molecule has 1 saturated heterocycles. The van der Waals surface area contributed by atoms with E-state index in [9.17, 15) is 9.59 Å². The first-order chi connectivity index (χ1) is 15.2. The van der Waals surface area contributed by atoms with Gasteiger partial charge in [0.15, 0.2) is 11.5 Å². The first-order valence-corrected chi connectivity index (χ1v) is 11.8. The van der Waals surface area contributed by atoms with E-state index in [1.807, 2.05) is 45.9 Å². The van der Waals surface area contributed by atoms with Gasteiger partial charge in [-0.25, -0.2) is 4.79 Å². The van der Waals surface area contributed by atoms with E-state index in [0.717, 1.165) is 37.0 Å². The first kappa shape index (κ1) is 24.2. The number of rotatable bonds is 6. The molecule has 1 aliphatic carbocycles. The van der Waals surface area contributed by atoms with Crippen molar-refractivity contribution in [2.75, 3.05) is 20.2 Å². The second-order valence-corrected chi connectivity index (χ2v) is 9.93. The fraction of sp³-hybridized carbons (Fsp3) is 0.680. The molecular weight excluding hydrogens is 408 g/mol. The predicted molar refractivity (Wildman–Crippen MR) is 123 cm³/mol. The molecule has 2 aliphatic rings. The summed E-state index contributed by atoms with van der Waals surface area (Å²) < 4.78 is 17.1. The maximum atomic E-state index is 12.9. The number of likely N-dealkylation sites (tertiary alicyclic amines) is 1. The predicted octanol–water partition coefficient (Wildman–Crippen LogP) is 4.84. The maximum absolute atomic E-state index is 12.9. The van der Waals surface area contributed by atoms with E-state index in [-0.39, 0.29) is 30.1 Å². The highest BCUT2D eigenvalue weighted by molar-refractivity contribution is 5.80. The molecule has 0 radical (unpaired) electrons. The average Bonchev–Trinajstić information content (AvgIpc) is 3.26. The van der Waals surface area contributed by atoms with Crippen LogP contribution in [0.3, 0.4) is 0 Å². The second kappa shape index (κ2) is 10.5. The molecule has 1 aromatic rings. The quantitative estimate of drug-likeness (QED) is 0.677. The van der Waals surface area contributed by atoms with E-state index in [1.165, 1.54) is 12.8 Å². The number of nitrogens with zero attached hydrogens (tertiary/aromatic N) is 1. The Morgan fingerprint density at radius 1 is 1.09 bits per heavy atom. The molecule has 7 heteroatoms. The summed E-state index contributed by atoms with van der Waals surface area (Å²) >= 11 is 0. The van der Waals surface area contributed by atoms with Crippen LogP contribution >= 0.6 is 0 Å². The van der Waals surface area contributed by atoms with Gasteiger partial charge in [0, 0.05) is 13.1 Å². The maximum Gasteiger partial charge on any atom is 0.410 e. The van der Waals surface area contributed by atoms with Crippen molar-refractivity contribution in [2.45, 2.75) is 84.0 Å². The lowest BCUT2D eigenvalue weighted by Crippen LogP contribution is -2.47. The summed E-state index contributed by atoms with van der Waals surface area (Å²) in [6.07, 6.45) is 6.03. The smallest absolute Gasteiger partial charge is 0.410 e. The van der Waals surface area contributed by atoms with Crippen molar-refractivity contribution in [3.63, 3.8) is 0 Å². The van der Waals surface area contributed by atoms with Crippen LogP contribution in [0, 0.1) is 5.92 Å². The molecule has 7 nitrogen and oxygen atoms in total. The van der Waals surface area contributed by atoms with Crippen LogP contribution in [0.2, 0.25) is 0 Å². The molecule has 2 unspecified atom stereocenters. The normalized spacial score (nSPS) is 20.5. The molecule has 178 valence electrons. The highest BCUT2D eigenvalue weighted by atomic mass is 16.6. The lowest BCUT2D eigenvalue weighted by atomic mass is 9.96. The Morgan fingerprint density at radius 2 is 1.81 bits per heavy atom. The molecule has 1 N–H and O–H groups in total. The molecule has 1 aliphatic heterocycles. The number of benzene rings is 1. The second-order valence-electron chi connectivity index (χ2n) is 9.93. The van der Waals surface area contributed by atoms with Gasteiger partial charge in [0.1, 0.15) is 5.60 Å². The van der Waals surface area contributed by atoms with Crippen LogP contribution < -0.4 is 14.8 Å². The van der Waals surface area contributed by atoms with E-state index in [2.05, 4.69) is 5.32 Å². The number of ether oxygens (including phenoxy) is 3. The Hall–Kier alpha value is -2.44. The van der Waals surface area contributed by atoms with Crippen LogP contribution in [0.4, 0.5) is 4.79 Å². The van der Waals surface area contributed by atoms with Crippen molar-refractivity contribution >= 4 is 12.0 Å². The van der Waals surface area contributed by atoms with Crippen LogP contribution in [-0.2, 0) is 9.53 Å². The van der Waals surface area contributed by atoms with Crippen molar-refractivity contribution in [1.29, 1.82) is 0 Å². The number of piperidine rings is 1. The molecule has 0 spiro atoms. The van der Waals surface area contributed by atoms with Gasteiger partial charge in [-0.1, -0.05) is 6.07 Å². The van der Waals surface area contributed by atoms with Gasteiger partial charge in [-0.15, -0.1) is 0 Å². The van der Waals surface area contributed by atoms with Gasteiger partial charge in [-0.05, 0) is 83.9 Å². The van der Waals surface area contributed by atoms with Crippen LogP contribution in [0.5, 0.6) is 11.5 Å². The standard InChI is InChI=1S/C25H38N2O5/c1-17(18-12-13-21(22(15-18)30-5)31-20-10-6-7-11-20)26-23(28)19-9-8-14-27(16-19)24(29)32-25(2,3)4/h12-13,15,17,19-20H,6-11,14,16H2,1-5H3,(H,26,28). The first-order valence-electron chi connectivity index (χ1n) is 11.8. The summed E-state index contributed by atoms with van der Waals surface area (Å²) in [5.74, 6) is 1.15. The number of amides is 2. The molecule has 2 amide bonds. The van der Waals surface area contributed by atoms with Gasteiger partial charge in [0.25, 0.3) is 0 Å². The molecule has 32 heavy (non-hydrogen) atoms. The van der Waals surface area contributed by atoms with E-state index in [4.69, 9.17) is 14.2 Å². The van der Waals surface area contributed by atoms with Crippen molar-refractivity contribution in [2.24, 2.45) is 5.92 Å². The summed E-state index contributed by atoms with van der Waals surface area (Å²) in [6.45, 7) is 8.49. The lowest BCUT2D eigenvalue weighted by Gasteiger charge is -2.34. The van der Waals surface area contributed by atoms with Crippen LogP contribution in [0.25, 0.3) is 0 Å². The van der Waals surface area contributed by atoms with Gasteiger partial charge in [0.05, 0.1) is 25.2 Å². The highest BCUT2D eigenvalue weighted by Crippen LogP contribution is 2.34. The largest absolute Gasteiger partial charge is 0.493 e. The zero-order valence-corrected chi connectivity index (χ0v) is 20.1. The van der Waals surface area contributed by atoms with E-state index in [0.29, 0.717) is 18.8 Å². The molecule has 0 aromatic heterocycles. The molecular formula is C25H38N2O5. The van der Waals surface area contributed by atoms with Crippen LogP contribution in [0.15, 0.2) is 18.2 Å². The molecule has 1 saturated carbocycles. The molecule has 2 fully saturated rings. The summed E-state index contributed by atoms with van der Waals surface area (Å²) in [4.78, 5) is 27.0. The Balaban J connectivity index is 1.59. The molecule has 2 atom stereocenters. The van der Waals surface area contributed by atoms with E-state index in [1.54, 1.807) is 12.0 Å². The number of methoxy groups -OCH3 is 1. The summed E-state index contributed by atoms with van der Waals surface area (Å²) in [7, 11) is 1.64. The fourth-order valence-corrected chi connectivity index (χ4v) is 4.33. The topological polar surface area (TPSA) is 77.1 Å². The zero-order valence-electron chi connectivity index (χ0n) is 20.1. The van der Waals surface area contributed by atoms with Crippen molar-refractivity contribution < 1.29 is 23.8 Å². The number of carbonyl (C=O) groups is 2. The number of hydrogen-bond donors (Lipinski definition) is 1. The highest BCUT2D eigenvalue weighted by Gasteiger charge is 2.31. The molecule has 1 aromatic carbocycles. The number of nitrogens with one attached hydrogen (secondary N) is 1. The molecule has 1 heterocycles. The molecule has 0 bridgehead atoms. The Morgan fingerprint density at radius 3 is 2.47 bits per heavy atom. The minimum atomic E-state index is -0.548. The lowest BCUT2D eigenvalue weighted by molar-refractivity contribution is -0.127. The minimum absolute atomic E-state index is 0.0454. The Kier molecular flexibility index (Phi) is 7.91. The third-order valence-electron chi connectivity index (χ3n) is 6.09. The third kappa shape index (κ3) is 6.53. The van der Waals surface area contributed by atoms with Gasteiger partial charge in [-0.2, -0.15) is 0 Å². The summed E-state index contributed by atoms with van der Waals surface area (Å²) in [5.41, 5.74) is 0.404. The monoisotopic (exact) mass is 446 g/mol. The van der Waals surface area contributed by atoms with Gasteiger partial charge in [-0.3, -0.25) is 4.79 Å². The van der Waals surface area contributed by atoms with Crippen LogP contribution in [0.1, 0.15) is 77.8 Å². The van der Waals surface area contributed by atoms with Gasteiger partial charge in [0.2, 0.25) is 5.91 Å². The number of hydrogen-bond acceptors (Lipinski definition) is 5. The average molecular weight is 447 g/mol. The summed E-state index contributed by atoms with van der Waals surface area (Å²) in [6, 6.07) is 5.66. The Bertz CT molecular complexity index is 798. The van der Waals surface area contributed by atoms with E-state index >= 15 is 0 Å². The molecule has 3 rings (SSSR count). The SMILES string of the molecule is COc1cc(C(C)NC(=O)C2CCCN(C(=O)OC(C)(C)C)C2)ccc1OC1CCCC1. The van der Waals surface area contributed by atoms with Crippen molar-refractivity contribution in [3.05, 3.63) is 23.8 Å². The minimum Gasteiger partial charge on any atom is -0.493 e. The van der Waals surface area contributed by atoms with E-state index < -0.39 is 5.60 Å².